The molecule has 0 spiro atoms. The van der Waals surface area contributed by atoms with E-state index in [0.29, 0.717) is 24.1 Å². The summed E-state index contributed by atoms with van der Waals surface area (Å²) in [5.41, 5.74) is 3.85. The molecule has 0 bridgehead atoms. The summed E-state index contributed by atoms with van der Waals surface area (Å²) in [5, 5.41) is 1.33. The molecule has 3 amide bonds. The molecular formula is C26H34N4O3. The lowest BCUT2D eigenvalue weighted by atomic mass is 9.80. The number of carbonyl (C=O) groups excluding carboxylic acids is 3. The fourth-order valence-corrected chi connectivity index (χ4v) is 5.81. The van der Waals surface area contributed by atoms with Gasteiger partial charge in [-0.2, -0.15) is 0 Å². The number of hydrazine groups is 1. The lowest BCUT2D eigenvalue weighted by molar-refractivity contribution is -0.139. The highest BCUT2D eigenvalue weighted by Crippen LogP contribution is 2.32. The van der Waals surface area contributed by atoms with Crippen LogP contribution in [0.1, 0.15) is 55.3 Å². The van der Waals surface area contributed by atoms with Crippen molar-refractivity contribution in [1.82, 2.24) is 15.2 Å². The number of allylic oxidation sites excluding steroid dienone is 2. The molecule has 2 unspecified atom stereocenters. The molecule has 1 saturated carbocycles. The molecule has 2 aliphatic heterocycles. The zero-order valence-electron chi connectivity index (χ0n) is 19.2. The molecule has 1 aromatic carbocycles. The second-order valence-corrected chi connectivity index (χ2v) is 9.95. The Morgan fingerprint density at radius 3 is 2.42 bits per heavy atom. The number of nitrogens with one attached hydrogen (secondary N) is 1. The van der Waals surface area contributed by atoms with Gasteiger partial charge >= 0.3 is 0 Å². The number of nitrogens with zero attached hydrogens (tertiary/aromatic N) is 3. The number of benzene rings is 1. The topological polar surface area (TPSA) is 73.0 Å². The number of hydrogen-bond donors (Lipinski definition) is 1. The molecule has 1 aromatic rings. The molecule has 1 N–H and O–H groups in total. The van der Waals surface area contributed by atoms with Crippen molar-refractivity contribution in [2.75, 3.05) is 37.7 Å². The molecule has 5 rings (SSSR count). The first-order valence-corrected chi connectivity index (χ1v) is 12.5. The van der Waals surface area contributed by atoms with Crippen LogP contribution in [0, 0.1) is 17.8 Å². The summed E-state index contributed by atoms with van der Waals surface area (Å²) in [6, 6.07) is 7.08. The predicted octanol–water partition coefficient (Wildman–Crippen LogP) is 2.98. The van der Waals surface area contributed by atoms with Crippen molar-refractivity contribution in [3.8, 4) is 0 Å². The highest BCUT2D eigenvalue weighted by Gasteiger charge is 2.42. The summed E-state index contributed by atoms with van der Waals surface area (Å²) >= 11 is 0. The van der Waals surface area contributed by atoms with Crippen LogP contribution in [0.3, 0.4) is 0 Å². The zero-order chi connectivity index (χ0) is 22.8. The van der Waals surface area contributed by atoms with Crippen LogP contribution in [0.25, 0.3) is 0 Å². The smallest absolute Gasteiger partial charge is 0.254 e. The van der Waals surface area contributed by atoms with Gasteiger partial charge in [0.2, 0.25) is 11.8 Å². The number of fused-ring (bicyclic) bond motifs is 1. The van der Waals surface area contributed by atoms with Crippen LogP contribution in [-0.4, -0.2) is 60.2 Å². The van der Waals surface area contributed by atoms with Gasteiger partial charge in [0.25, 0.3) is 5.91 Å². The van der Waals surface area contributed by atoms with Gasteiger partial charge in [-0.05, 0) is 49.8 Å². The molecule has 7 nitrogen and oxygen atoms in total. The fourth-order valence-electron chi connectivity index (χ4n) is 5.81. The third-order valence-corrected chi connectivity index (χ3v) is 7.78. The van der Waals surface area contributed by atoms with Crippen LogP contribution in [0.4, 0.5) is 5.69 Å². The summed E-state index contributed by atoms with van der Waals surface area (Å²) in [4.78, 5) is 43.3. The number of carbonyl (C=O) groups is 3. The Labute approximate surface area is 195 Å². The Balaban J connectivity index is 1.22. The Bertz CT molecular complexity index is 931. The molecule has 2 atom stereocenters. The van der Waals surface area contributed by atoms with Crippen LogP contribution in [0.2, 0.25) is 0 Å². The first-order chi connectivity index (χ1) is 16.1. The maximum absolute atomic E-state index is 13.2. The van der Waals surface area contributed by atoms with E-state index in [1.165, 1.54) is 37.1 Å². The van der Waals surface area contributed by atoms with Gasteiger partial charge in [0.05, 0.1) is 17.5 Å². The monoisotopic (exact) mass is 450 g/mol. The molecule has 2 heterocycles. The Morgan fingerprint density at radius 2 is 1.67 bits per heavy atom. The van der Waals surface area contributed by atoms with E-state index in [1.54, 1.807) is 24.3 Å². The lowest BCUT2D eigenvalue weighted by Crippen LogP contribution is -2.59. The maximum Gasteiger partial charge on any atom is 0.254 e. The quantitative estimate of drug-likeness (QED) is 0.716. The van der Waals surface area contributed by atoms with Crippen LogP contribution in [-0.2, 0) is 9.59 Å². The molecule has 0 radical (unpaired) electrons. The van der Waals surface area contributed by atoms with Crippen molar-refractivity contribution in [2.45, 2.75) is 44.9 Å². The number of anilines is 1. The molecule has 7 heteroatoms. The van der Waals surface area contributed by atoms with E-state index in [2.05, 4.69) is 10.3 Å². The van der Waals surface area contributed by atoms with E-state index in [4.69, 9.17) is 0 Å². The second kappa shape index (κ2) is 9.67. The highest BCUT2D eigenvalue weighted by molar-refractivity contribution is 6.05. The van der Waals surface area contributed by atoms with E-state index >= 15 is 0 Å². The number of hydrogen-bond acceptors (Lipinski definition) is 4. The first kappa shape index (κ1) is 22.1. The Hall–Kier alpha value is -2.67. The van der Waals surface area contributed by atoms with Gasteiger partial charge in [0.1, 0.15) is 0 Å². The third-order valence-electron chi connectivity index (χ3n) is 7.78. The van der Waals surface area contributed by atoms with Crippen LogP contribution < -0.4 is 10.4 Å². The van der Waals surface area contributed by atoms with Gasteiger partial charge in [0.15, 0.2) is 0 Å². The molecular weight excluding hydrogens is 416 g/mol. The standard InChI is InChI=1S/C26H34N4O3/c31-24-22-11-4-5-12-23(22)26(33)30(27-24)21-10-6-9-20(17-21)25(32)29-15-13-28(14-16-29)18-19-7-2-1-3-8-19/h4-6,9-10,17,19,22-23H,1-3,7-8,11-16,18H2,(H,27,31). The minimum absolute atomic E-state index is 0.0107. The van der Waals surface area contributed by atoms with Gasteiger partial charge in [-0.3, -0.25) is 24.7 Å². The molecule has 0 aromatic heterocycles. The van der Waals surface area contributed by atoms with Crippen LogP contribution in [0.15, 0.2) is 36.4 Å². The Kier molecular flexibility index (Phi) is 6.49. The van der Waals surface area contributed by atoms with Crippen molar-refractivity contribution in [3.63, 3.8) is 0 Å². The molecule has 2 saturated heterocycles. The van der Waals surface area contributed by atoms with E-state index in [0.717, 1.165) is 38.6 Å². The van der Waals surface area contributed by atoms with Gasteiger partial charge in [-0.25, -0.2) is 5.01 Å². The lowest BCUT2D eigenvalue weighted by Gasteiger charge is -2.38. The molecule has 3 fully saturated rings. The van der Waals surface area contributed by atoms with Crippen LogP contribution >= 0.6 is 0 Å². The summed E-state index contributed by atoms with van der Waals surface area (Å²) < 4.78 is 0. The molecule has 4 aliphatic rings. The molecule has 2 aliphatic carbocycles. The van der Waals surface area contributed by atoms with Crippen molar-refractivity contribution in [3.05, 3.63) is 42.0 Å². The Morgan fingerprint density at radius 1 is 0.939 bits per heavy atom. The fraction of sp³-hybridized carbons (Fsp3) is 0.577. The van der Waals surface area contributed by atoms with Gasteiger partial charge in [0, 0.05) is 38.3 Å². The van der Waals surface area contributed by atoms with Crippen molar-refractivity contribution < 1.29 is 14.4 Å². The van der Waals surface area contributed by atoms with Crippen molar-refractivity contribution in [1.29, 1.82) is 0 Å². The number of piperazine rings is 1. The summed E-state index contributed by atoms with van der Waals surface area (Å²) in [6.45, 7) is 4.44. The first-order valence-electron chi connectivity index (χ1n) is 12.5. The third kappa shape index (κ3) is 4.69. The van der Waals surface area contributed by atoms with Crippen molar-refractivity contribution in [2.24, 2.45) is 17.8 Å². The summed E-state index contributed by atoms with van der Waals surface area (Å²) in [5.74, 6) is -0.0638. The minimum Gasteiger partial charge on any atom is -0.336 e. The normalized spacial score (nSPS) is 26.8. The average molecular weight is 451 g/mol. The number of rotatable bonds is 4. The summed E-state index contributed by atoms with van der Waals surface area (Å²) in [6.07, 6.45) is 11.9. The minimum atomic E-state index is -0.333. The van der Waals surface area contributed by atoms with E-state index in [1.807, 2.05) is 17.1 Å². The summed E-state index contributed by atoms with van der Waals surface area (Å²) in [7, 11) is 0. The van der Waals surface area contributed by atoms with E-state index in [9.17, 15) is 14.4 Å². The van der Waals surface area contributed by atoms with Gasteiger partial charge < -0.3 is 4.90 Å². The molecule has 176 valence electrons. The van der Waals surface area contributed by atoms with E-state index in [-0.39, 0.29) is 29.6 Å². The zero-order valence-corrected chi connectivity index (χ0v) is 19.2. The van der Waals surface area contributed by atoms with E-state index < -0.39 is 0 Å². The van der Waals surface area contributed by atoms with Gasteiger partial charge in [-0.15, -0.1) is 0 Å². The van der Waals surface area contributed by atoms with Crippen LogP contribution in [0.5, 0.6) is 0 Å². The van der Waals surface area contributed by atoms with Gasteiger partial charge in [-0.1, -0.05) is 37.5 Å². The van der Waals surface area contributed by atoms with Crippen molar-refractivity contribution >= 4 is 23.4 Å². The average Bonchev–Trinajstić information content (AvgIpc) is 2.87. The largest absolute Gasteiger partial charge is 0.336 e. The number of amides is 3. The maximum atomic E-state index is 13.2. The SMILES string of the molecule is O=C1NN(c2cccc(C(=O)N3CCN(CC4CCCCC4)CC3)c2)C(=O)C2CC=CCC12. The molecule has 33 heavy (non-hydrogen) atoms. The predicted molar refractivity (Wildman–Crippen MR) is 126 cm³/mol. The second-order valence-electron chi connectivity index (χ2n) is 9.95. The highest BCUT2D eigenvalue weighted by atomic mass is 16.2.